The molecule has 0 saturated carbocycles. The zero-order valence-electron chi connectivity index (χ0n) is 18.4. The first-order chi connectivity index (χ1) is 17.0. The van der Waals surface area contributed by atoms with Gasteiger partial charge in [0.1, 0.15) is 17.6 Å². The summed E-state index contributed by atoms with van der Waals surface area (Å²) in [4.78, 5) is 29.1. The fourth-order valence-electron chi connectivity index (χ4n) is 3.81. The van der Waals surface area contributed by atoms with Crippen LogP contribution in [-0.2, 0) is 4.79 Å². The second-order valence-electron chi connectivity index (χ2n) is 7.97. The summed E-state index contributed by atoms with van der Waals surface area (Å²) in [5, 5.41) is 16.3. The van der Waals surface area contributed by atoms with Crippen molar-refractivity contribution in [3.8, 4) is 11.3 Å². The van der Waals surface area contributed by atoms with Crippen molar-refractivity contribution in [1.82, 2.24) is 10.3 Å². The molecule has 4 aromatic rings. The number of aliphatic hydroxyl groups excluding tert-OH is 1. The first-order valence-electron chi connectivity index (χ1n) is 10.9. The highest BCUT2D eigenvalue weighted by molar-refractivity contribution is 6.36. The Morgan fingerprint density at radius 2 is 2.00 bits per heavy atom. The van der Waals surface area contributed by atoms with Crippen LogP contribution in [0.3, 0.4) is 0 Å². The summed E-state index contributed by atoms with van der Waals surface area (Å²) in [6, 6.07) is 20.9. The third-order valence-corrected chi connectivity index (χ3v) is 5.81. The van der Waals surface area contributed by atoms with Gasteiger partial charge in [-0.1, -0.05) is 29.8 Å². The summed E-state index contributed by atoms with van der Waals surface area (Å²) in [6.45, 7) is 0.0338. The van der Waals surface area contributed by atoms with Crippen molar-refractivity contribution < 1.29 is 19.1 Å². The van der Waals surface area contributed by atoms with E-state index in [-0.39, 0.29) is 18.4 Å². The number of carbonyl (C=O) groups excluding carboxylic acids is 2. The minimum atomic E-state index is -0.906. The van der Waals surface area contributed by atoms with Gasteiger partial charge in [0.2, 0.25) is 0 Å². The van der Waals surface area contributed by atoms with Crippen LogP contribution in [0.15, 0.2) is 83.4 Å². The molecule has 1 atom stereocenters. The largest absolute Gasteiger partial charge is 0.457 e. The molecule has 1 aliphatic heterocycles. The van der Waals surface area contributed by atoms with Crippen LogP contribution < -0.4 is 10.6 Å². The van der Waals surface area contributed by atoms with Crippen molar-refractivity contribution in [2.45, 2.75) is 6.10 Å². The van der Waals surface area contributed by atoms with Crippen molar-refractivity contribution in [1.29, 1.82) is 0 Å². The molecule has 8 heteroatoms. The maximum Gasteiger partial charge on any atom is 0.256 e. The summed E-state index contributed by atoms with van der Waals surface area (Å²) in [6.07, 6.45) is 2.35. The molecular formula is C27H20ClN3O4. The number of halogens is 1. The molecule has 0 bridgehead atoms. The lowest BCUT2D eigenvalue weighted by Gasteiger charge is -2.11. The third kappa shape index (κ3) is 4.87. The molecule has 1 unspecified atom stereocenters. The van der Waals surface area contributed by atoms with Crippen LogP contribution in [0.4, 0.5) is 5.69 Å². The fourth-order valence-corrected chi connectivity index (χ4v) is 3.99. The molecule has 0 aliphatic carbocycles. The molecule has 2 amide bonds. The molecule has 7 nitrogen and oxygen atoms in total. The van der Waals surface area contributed by atoms with Crippen LogP contribution in [0.2, 0.25) is 5.02 Å². The Balaban J connectivity index is 1.32. The van der Waals surface area contributed by atoms with E-state index in [4.69, 9.17) is 16.0 Å². The van der Waals surface area contributed by atoms with Gasteiger partial charge in [0.25, 0.3) is 11.8 Å². The molecular weight excluding hydrogens is 466 g/mol. The number of pyridine rings is 1. The average Bonchev–Trinajstić information content (AvgIpc) is 3.47. The van der Waals surface area contributed by atoms with Gasteiger partial charge < -0.3 is 20.2 Å². The fraction of sp³-hybridized carbons (Fsp3) is 0.0741. The number of hydrogen-bond donors (Lipinski definition) is 3. The normalized spacial score (nSPS) is 14.5. The second-order valence-corrected chi connectivity index (χ2v) is 8.40. The van der Waals surface area contributed by atoms with Gasteiger partial charge in [-0.3, -0.25) is 14.6 Å². The van der Waals surface area contributed by atoms with Gasteiger partial charge >= 0.3 is 0 Å². The van der Waals surface area contributed by atoms with Crippen LogP contribution >= 0.6 is 11.6 Å². The zero-order valence-corrected chi connectivity index (χ0v) is 19.1. The number of aromatic nitrogens is 1. The summed E-state index contributed by atoms with van der Waals surface area (Å²) >= 11 is 6.10. The molecule has 2 aromatic carbocycles. The topological polar surface area (TPSA) is 104 Å². The van der Waals surface area contributed by atoms with Gasteiger partial charge in [0.05, 0.1) is 11.3 Å². The number of nitrogens with one attached hydrogen (secondary N) is 2. The average molecular weight is 486 g/mol. The molecule has 35 heavy (non-hydrogen) atoms. The quantitative estimate of drug-likeness (QED) is 0.335. The maximum absolute atomic E-state index is 12.6. The van der Waals surface area contributed by atoms with Crippen LogP contribution in [0.1, 0.15) is 33.5 Å². The monoisotopic (exact) mass is 485 g/mol. The van der Waals surface area contributed by atoms with Crippen LogP contribution in [0, 0.1) is 0 Å². The highest BCUT2D eigenvalue weighted by Gasteiger charge is 2.24. The lowest BCUT2D eigenvalue weighted by molar-refractivity contribution is -0.110. The molecule has 5 rings (SSSR count). The SMILES string of the molecule is O=C1Nc2ccc(Cl)cc2/C1=C\c1ccc(-c2cccc(C(=O)NCC(O)c3ccccn3)c2)o1. The number of rotatable bonds is 6. The zero-order chi connectivity index (χ0) is 24.4. The Hall–Kier alpha value is -4.20. The number of fused-ring (bicyclic) bond motifs is 1. The predicted molar refractivity (Wildman–Crippen MR) is 134 cm³/mol. The number of benzene rings is 2. The van der Waals surface area contributed by atoms with Crippen molar-refractivity contribution in [3.05, 3.63) is 107 Å². The molecule has 3 heterocycles. The van der Waals surface area contributed by atoms with E-state index in [9.17, 15) is 14.7 Å². The minimum Gasteiger partial charge on any atom is -0.457 e. The van der Waals surface area contributed by atoms with Crippen LogP contribution in [0.25, 0.3) is 23.0 Å². The Kier molecular flexibility index (Phi) is 6.18. The summed E-state index contributed by atoms with van der Waals surface area (Å²) < 4.78 is 5.95. The Morgan fingerprint density at radius 3 is 2.83 bits per heavy atom. The second kappa shape index (κ2) is 9.58. The molecule has 0 saturated heterocycles. The summed E-state index contributed by atoms with van der Waals surface area (Å²) in [7, 11) is 0. The lowest BCUT2D eigenvalue weighted by atomic mass is 10.1. The van der Waals surface area contributed by atoms with E-state index >= 15 is 0 Å². The highest BCUT2D eigenvalue weighted by Crippen LogP contribution is 2.35. The maximum atomic E-state index is 12.6. The van der Waals surface area contributed by atoms with Crippen LogP contribution in [-0.4, -0.2) is 28.4 Å². The van der Waals surface area contributed by atoms with Crippen LogP contribution in [0.5, 0.6) is 0 Å². The molecule has 174 valence electrons. The number of carbonyl (C=O) groups is 2. The van der Waals surface area contributed by atoms with E-state index in [1.54, 1.807) is 79.0 Å². The van der Waals surface area contributed by atoms with Gasteiger partial charge in [-0.05, 0) is 60.7 Å². The first-order valence-corrected chi connectivity index (χ1v) is 11.3. The highest BCUT2D eigenvalue weighted by atomic mass is 35.5. The van der Waals surface area contributed by atoms with Gasteiger partial charge in [0, 0.05) is 40.1 Å². The molecule has 3 N–H and O–H groups in total. The van der Waals surface area contributed by atoms with E-state index in [1.165, 1.54) is 0 Å². The van der Waals surface area contributed by atoms with E-state index in [0.29, 0.717) is 50.2 Å². The number of hydrogen-bond acceptors (Lipinski definition) is 5. The van der Waals surface area contributed by atoms with Gasteiger partial charge in [-0.15, -0.1) is 0 Å². The number of aliphatic hydroxyl groups is 1. The Bertz CT molecular complexity index is 1450. The Morgan fingerprint density at radius 1 is 1.11 bits per heavy atom. The van der Waals surface area contributed by atoms with Crippen molar-refractivity contribution >= 4 is 40.8 Å². The lowest BCUT2D eigenvalue weighted by Crippen LogP contribution is -2.28. The number of furan rings is 1. The summed E-state index contributed by atoms with van der Waals surface area (Å²) in [5.41, 5.74) is 3.48. The Labute approximate surface area is 206 Å². The third-order valence-electron chi connectivity index (χ3n) is 5.57. The minimum absolute atomic E-state index is 0.0338. The van der Waals surface area contributed by atoms with Crippen molar-refractivity contribution in [2.24, 2.45) is 0 Å². The van der Waals surface area contributed by atoms with Crippen molar-refractivity contribution in [2.75, 3.05) is 11.9 Å². The first kappa shape index (κ1) is 22.6. The number of nitrogens with zero attached hydrogens (tertiary/aromatic N) is 1. The standard InChI is InChI=1S/C27H20ClN3O4/c28-18-7-9-22-20(13-18)21(27(34)31-22)14-19-8-10-25(35-19)16-4-3-5-17(12-16)26(33)30-15-24(32)23-6-1-2-11-29-23/h1-14,24,32H,15H2,(H,30,33)(H,31,34)/b21-14+. The van der Waals surface area contributed by atoms with Crippen molar-refractivity contribution in [3.63, 3.8) is 0 Å². The molecule has 2 aromatic heterocycles. The molecule has 1 aliphatic rings. The van der Waals surface area contributed by atoms with E-state index in [1.807, 2.05) is 6.07 Å². The molecule has 0 radical (unpaired) electrons. The summed E-state index contributed by atoms with van der Waals surface area (Å²) in [5.74, 6) is 0.481. The van der Waals surface area contributed by atoms with E-state index in [2.05, 4.69) is 15.6 Å². The van der Waals surface area contributed by atoms with E-state index in [0.717, 1.165) is 0 Å². The van der Waals surface area contributed by atoms with Gasteiger partial charge in [-0.25, -0.2) is 0 Å². The smallest absolute Gasteiger partial charge is 0.256 e. The van der Waals surface area contributed by atoms with E-state index < -0.39 is 6.10 Å². The molecule has 0 spiro atoms. The van der Waals surface area contributed by atoms with Gasteiger partial charge in [0.15, 0.2) is 0 Å². The predicted octanol–water partition coefficient (Wildman–Crippen LogP) is 4.95. The van der Waals surface area contributed by atoms with Gasteiger partial charge in [-0.2, -0.15) is 0 Å². The molecule has 0 fully saturated rings. The number of anilines is 1. The number of amides is 2.